The molecule has 2 aromatic carbocycles. The molecule has 2 N–H and O–H groups in total. The predicted octanol–water partition coefficient (Wildman–Crippen LogP) is 3.08. The van der Waals surface area contributed by atoms with E-state index in [0.717, 1.165) is 33.7 Å². The van der Waals surface area contributed by atoms with Gasteiger partial charge in [-0.05, 0) is 36.4 Å². The third-order valence-electron chi connectivity index (χ3n) is 3.81. The first-order chi connectivity index (χ1) is 11.3. The van der Waals surface area contributed by atoms with Crippen molar-refractivity contribution in [3.63, 3.8) is 0 Å². The zero-order chi connectivity index (χ0) is 15.6. The molecule has 0 atom stereocenters. The zero-order valence-corrected chi connectivity index (χ0v) is 12.5. The van der Waals surface area contributed by atoms with Crippen molar-refractivity contribution in [1.29, 1.82) is 0 Å². The Hall–Kier alpha value is -2.92. The Balaban J connectivity index is 1.75. The molecule has 4 aromatic rings. The number of nitrogens with one attached hydrogen (secondary N) is 1. The number of hydrogen-bond donors (Lipinski definition) is 2. The van der Waals surface area contributed by atoms with E-state index in [1.54, 1.807) is 0 Å². The van der Waals surface area contributed by atoms with Crippen LogP contribution in [0, 0.1) is 0 Å². The van der Waals surface area contributed by atoms with Crippen molar-refractivity contribution in [2.45, 2.75) is 6.54 Å². The lowest BCUT2D eigenvalue weighted by Gasteiger charge is -2.03. The van der Waals surface area contributed by atoms with Crippen LogP contribution in [0.1, 0.15) is 11.6 Å². The molecule has 0 saturated carbocycles. The lowest BCUT2D eigenvalue weighted by Crippen LogP contribution is -2.03. The van der Waals surface area contributed by atoms with Gasteiger partial charge < -0.3 is 14.7 Å². The Morgan fingerprint density at radius 2 is 1.74 bits per heavy atom. The number of imidazole rings is 2. The summed E-state index contributed by atoms with van der Waals surface area (Å²) in [5.74, 6) is 1.59. The smallest absolute Gasteiger partial charge is 0.134 e. The van der Waals surface area contributed by atoms with Gasteiger partial charge in [-0.25, -0.2) is 9.97 Å². The van der Waals surface area contributed by atoms with Gasteiger partial charge in [0.1, 0.15) is 11.6 Å². The number of aromatic amines is 1. The molecule has 4 rings (SSSR count). The Morgan fingerprint density at radius 3 is 2.57 bits per heavy atom. The van der Waals surface area contributed by atoms with Crippen LogP contribution in [0.15, 0.2) is 48.5 Å². The van der Waals surface area contributed by atoms with Crippen molar-refractivity contribution in [2.75, 3.05) is 6.61 Å². The Morgan fingerprint density at radius 1 is 0.957 bits per heavy atom. The van der Waals surface area contributed by atoms with E-state index in [9.17, 15) is 5.11 Å². The van der Waals surface area contributed by atoms with Crippen LogP contribution < -0.4 is 0 Å². The topological polar surface area (TPSA) is 66.7 Å². The van der Waals surface area contributed by atoms with Gasteiger partial charge in [-0.3, -0.25) is 0 Å². The maximum absolute atomic E-state index is 9.31. The van der Waals surface area contributed by atoms with Gasteiger partial charge in [-0.2, -0.15) is 0 Å². The van der Waals surface area contributed by atoms with Crippen LogP contribution in [0.2, 0.25) is 0 Å². The molecule has 5 nitrogen and oxygen atoms in total. The van der Waals surface area contributed by atoms with Gasteiger partial charge in [0.05, 0.1) is 28.7 Å². The summed E-state index contributed by atoms with van der Waals surface area (Å²) in [7, 11) is 0. The number of para-hydroxylation sites is 4. The molecule has 0 amide bonds. The molecular weight excluding hydrogens is 288 g/mol. The second-order valence-corrected chi connectivity index (χ2v) is 5.31. The first-order valence-electron chi connectivity index (χ1n) is 7.54. The summed E-state index contributed by atoms with van der Waals surface area (Å²) in [4.78, 5) is 12.4. The van der Waals surface area contributed by atoms with Gasteiger partial charge in [-0.1, -0.05) is 24.3 Å². The number of aliphatic hydroxyl groups is 1. The molecule has 0 saturated heterocycles. The summed E-state index contributed by atoms with van der Waals surface area (Å²) < 4.78 is 2.01. The van der Waals surface area contributed by atoms with E-state index in [1.165, 1.54) is 0 Å². The van der Waals surface area contributed by atoms with Crippen LogP contribution in [0.25, 0.3) is 34.2 Å². The SMILES string of the molecule is OCCn1c(C=Cc2nc3ccccc3[nH]2)nc2ccccc21. The molecule has 5 heteroatoms. The number of aromatic nitrogens is 4. The number of nitrogens with zero attached hydrogens (tertiary/aromatic N) is 3. The molecule has 0 spiro atoms. The van der Waals surface area contributed by atoms with Gasteiger partial charge in [0.25, 0.3) is 0 Å². The standard InChI is InChI=1S/C18H16N4O/c23-12-11-22-16-8-4-3-7-15(16)21-18(22)10-9-17-19-13-5-1-2-6-14(13)20-17/h1-10,23H,11-12H2,(H,19,20). The Kier molecular flexibility index (Phi) is 3.40. The summed E-state index contributed by atoms with van der Waals surface area (Å²) >= 11 is 0. The number of fused-ring (bicyclic) bond motifs is 2. The van der Waals surface area contributed by atoms with Crippen LogP contribution in [0.5, 0.6) is 0 Å². The molecule has 0 aliphatic carbocycles. The minimum atomic E-state index is 0.0752. The van der Waals surface area contributed by atoms with Gasteiger partial charge in [0, 0.05) is 6.54 Å². The highest BCUT2D eigenvalue weighted by Crippen LogP contribution is 2.18. The van der Waals surface area contributed by atoms with Crippen LogP contribution in [0.4, 0.5) is 0 Å². The van der Waals surface area contributed by atoms with Gasteiger partial charge >= 0.3 is 0 Å². The third-order valence-corrected chi connectivity index (χ3v) is 3.81. The molecule has 0 fully saturated rings. The maximum atomic E-state index is 9.31. The van der Waals surface area contributed by atoms with E-state index >= 15 is 0 Å². The first-order valence-corrected chi connectivity index (χ1v) is 7.54. The molecule has 0 unspecified atom stereocenters. The summed E-state index contributed by atoms with van der Waals surface area (Å²) in [6.07, 6.45) is 3.84. The van der Waals surface area contributed by atoms with Crippen molar-refractivity contribution >= 4 is 34.2 Å². The lowest BCUT2D eigenvalue weighted by atomic mass is 10.3. The number of H-pyrrole nitrogens is 1. The normalized spacial score (nSPS) is 11.9. The van der Waals surface area contributed by atoms with E-state index < -0.39 is 0 Å². The number of rotatable bonds is 4. The van der Waals surface area contributed by atoms with Crippen LogP contribution in [0.3, 0.4) is 0 Å². The third kappa shape index (κ3) is 2.51. The number of benzene rings is 2. The number of aliphatic hydroxyl groups excluding tert-OH is 1. The highest BCUT2D eigenvalue weighted by atomic mass is 16.3. The van der Waals surface area contributed by atoms with E-state index in [-0.39, 0.29) is 6.61 Å². The average Bonchev–Trinajstić information content (AvgIpc) is 3.14. The van der Waals surface area contributed by atoms with Crippen molar-refractivity contribution in [2.24, 2.45) is 0 Å². The summed E-state index contributed by atoms with van der Waals surface area (Å²) in [5.41, 5.74) is 3.89. The molecule has 2 aromatic heterocycles. The maximum Gasteiger partial charge on any atom is 0.134 e. The molecule has 2 heterocycles. The van der Waals surface area contributed by atoms with Crippen LogP contribution >= 0.6 is 0 Å². The van der Waals surface area contributed by atoms with Crippen LogP contribution in [-0.4, -0.2) is 31.2 Å². The number of hydrogen-bond acceptors (Lipinski definition) is 3. The second-order valence-electron chi connectivity index (χ2n) is 5.31. The minimum Gasteiger partial charge on any atom is -0.395 e. The first kappa shape index (κ1) is 13.7. The fourth-order valence-corrected chi connectivity index (χ4v) is 2.76. The fraction of sp³-hybridized carbons (Fsp3) is 0.111. The molecular formula is C18H16N4O. The van der Waals surface area contributed by atoms with Crippen LogP contribution in [-0.2, 0) is 6.54 Å². The van der Waals surface area contributed by atoms with E-state index in [1.807, 2.05) is 65.3 Å². The Bertz CT molecular complexity index is 964. The van der Waals surface area contributed by atoms with Gasteiger partial charge in [-0.15, -0.1) is 0 Å². The van der Waals surface area contributed by atoms with Crippen molar-refractivity contribution in [3.8, 4) is 0 Å². The highest BCUT2D eigenvalue weighted by molar-refractivity contribution is 5.81. The quantitative estimate of drug-likeness (QED) is 0.609. The summed E-state index contributed by atoms with van der Waals surface area (Å²) in [6.45, 7) is 0.589. The van der Waals surface area contributed by atoms with Crippen molar-refractivity contribution in [3.05, 3.63) is 60.2 Å². The highest BCUT2D eigenvalue weighted by Gasteiger charge is 2.07. The fourth-order valence-electron chi connectivity index (χ4n) is 2.76. The summed E-state index contributed by atoms with van der Waals surface area (Å²) in [5, 5.41) is 9.31. The second kappa shape index (κ2) is 5.70. The van der Waals surface area contributed by atoms with Crippen molar-refractivity contribution in [1.82, 2.24) is 19.5 Å². The zero-order valence-electron chi connectivity index (χ0n) is 12.5. The van der Waals surface area contributed by atoms with E-state index in [2.05, 4.69) is 15.0 Å². The van der Waals surface area contributed by atoms with E-state index in [0.29, 0.717) is 6.54 Å². The minimum absolute atomic E-state index is 0.0752. The monoisotopic (exact) mass is 304 g/mol. The molecule has 114 valence electrons. The summed E-state index contributed by atoms with van der Waals surface area (Å²) in [6, 6.07) is 15.9. The van der Waals surface area contributed by atoms with Gasteiger partial charge in [0.2, 0.25) is 0 Å². The van der Waals surface area contributed by atoms with Crippen molar-refractivity contribution < 1.29 is 5.11 Å². The molecule has 0 bridgehead atoms. The average molecular weight is 304 g/mol. The molecule has 0 aliphatic heterocycles. The predicted molar refractivity (Wildman–Crippen MR) is 91.8 cm³/mol. The molecule has 23 heavy (non-hydrogen) atoms. The largest absolute Gasteiger partial charge is 0.395 e. The molecule has 0 aliphatic rings. The van der Waals surface area contributed by atoms with E-state index in [4.69, 9.17) is 0 Å². The Labute approximate surface area is 132 Å². The van der Waals surface area contributed by atoms with Gasteiger partial charge in [0.15, 0.2) is 0 Å². The molecule has 0 radical (unpaired) electrons. The lowest BCUT2D eigenvalue weighted by molar-refractivity contribution is 0.277.